The van der Waals surface area contributed by atoms with Crippen molar-refractivity contribution in [2.75, 3.05) is 26.7 Å². The van der Waals surface area contributed by atoms with Crippen LogP contribution in [0, 0.1) is 5.95 Å². The third-order valence-corrected chi connectivity index (χ3v) is 3.71. The lowest BCUT2D eigenvalue weighted by Crippen LogP contribution is -2.41. The average Bonchev–Trinajstić information content (AvgIpc) is 2.86. The van der Waals surface area contributed by atoms with Gasteiger partial charge in [0.2, 0.25) is 5.95 Å². The van der Waals surface area contributed by atoms with E-state index in [0.717, 1.165) is 19.5 Å². The van der Waals surface area contributed by atoms with E-state index >= 15 is 0 Å². The minimum Gasteiger partial charge on any atom is -0.340 e. The molecule has 2 heterocycles. The molecule has 0 bridgehead atoms. The Labute approximate surface area is 113 Å². The molecule has 0 aliphatic carbocycles. The zero-order valence-corrected chi connectivity index (χ0v) is 11.5. The summed E-state index contributed by atoms with van der Waals surface area (Å²) in [5, 5.41) is 0. The Morgan fingerprint density at radius 2 is 2.37 bits per heavy atom. The van der Waals surface area contributed by atoms with Crippen molar-refractivity contribution in [3.63, 3.8) is 0 Å². The molecule has 2 rings (SSSR count). The van der Waals surface area contributed by atoms with Crippen LogP contribution in [0.15, 0.2) is 18.3 Å². The van der Waals surface area contributed by atoms with E-state index in [2.05, 4.69) is 16.8 Å². The van der Waals surface area contributed by atoms with Gasteiger partial charge in [-0.05, 0) is 38.1 Å². The number of hydrogen-bond donors (Lipinski definition) is 0. The Morgan fingerprint density at radius 1 is 1.58 bits per heavy atom. The highest BCUT2D eigenvalue weighted by molar-refractivity contribution is 5.93. The molecule has 1 aromatic heterocycles. The van der Waals surface area contributed by atoms with Crippen LogP contribution in [0.3, 0.4) is 0 Å². The first-order chi connectivity index (χ1) is 9.11. The minimum atomic E-state index is -0.563. The third-order valence-electron chi connectivity index (χ3n) is 3.71. The third kappa shape index (κ3) is 3.29. The van der Waals surface area contributed by atoms with Gasteiger partial charge in [0.05, 0.1) is 5.56 Å². The molecule has 0 radical (unpaired) electrons. The van der Waals surface area contributed by atoms with Gasteiger partial charge in [0.15, 0.2) is 0 Å². The van der Waals surface area contributed by atoms with Crippen LogP contribution >= 0.6 is 0 Å². The number of aromatic nitrogens is 1. The van der Waals surface area contributed by atoms with E-state index in [0.29, 0.717) is 18.2 Å². The number of pyridine rings is 1. The van der Waals surface area contributed by atoms with Crippen molar-refractivity contribution in [3.05, 3.63) is 29.8 Å². The lowest BCUT2D eigenvalue weighted by Gasteiger charge is -2.27. The molecular weight excluding hydrogens is 245 g/mol. The molecule has 1 saturated heterocycles. The summed E-state index contributed by atoms with van der Waals surface area (Å²) in [4.78, 5) is 19.8. The molecule has 0 spiro atoms. The van der Waals surface area contributed by atoms with Gasteiger partial charge in [-0.2, -0.15) is 4.39 Å². The summed E-state index contributed by atoms with van der Waals surface area (Å²) in [5.74, 6) is -0.664. The molecule has 0 saturated carbocycles. The monoisotopic (exact) mass is 265 g/mol. The van der Waals surface area contributed by atoms with E-state index in [-0.39, 0.29) is 5.91 Å². The molecule has 19 heavy (non-hydrogen) atoms. The van der Waals surface area contributed by atoms with Gasteiger partial charge < -0.3 is 4.90 Å². The van der Waals surface area contributed by atoms with Crippen molar-refractivity contribution in [1.29, 1.82) is 0 Å². The first-order valence-electron chi connectivity index (χ1n) is 6.73. The average molecular weight is 265 g/mol. The smallest absolute Gasteiger partial charge is 0.255 e. The van der Waals surface area contributed by atoms with Crippen molar-refractivity contribution in [2.24, 2.45) is 0 Å². The second kappa shape index (κ2) is 6.10. The van der Waals surface area contributed by atoms with Crippen LogP contribution in [0.4, 0.5) is 4.39 Å². The van der Waals surface area contributed by atoms with Crippen LogP contribution in [0.1, 0.15) is 30.1 Å². The number of halogens is 1. The maximum Gasteiger partial charge on any atom is 0.255 e. The Hall–Kier alpha value is -1.49. The van der Waals surface area contributed by atoms with Crippen LogP contribution < -0.4 is 0 Å². The number of carbonyl (C=O) groups excluding carboxylic acids is 1. The highest BCUT2D eigenvalue weighted by Gasteiger charge is 2.25. The lowest BCUT2D eigenvalue weighted by atomic mass is 10.2. The molecule has 1 aromatic rings. The summed E-state index contributed by atoms with van der Waals surface area (Å²) in [7, 11) is 1.79. The minimum absolute atomic E-state index is 0.101. The Bertz CT molecular complexity index is 435. The second-order valence-electron chi connectivity index (χ2n) is 4.98. The van der Waals surface area contributed by atoms with Crippen molar-refractivity contribution in [2.45, 2.75) is 25.8 Å². The molecule has 0 aromatic carbocycles. The van der Waals surface area contributed by atoms with Crippen LogP contribution in [-0.4, -0.2) is 53.4 Å². The predicted molar refractivity (Wildman–Crippen MR) is 71.4 cm³/mol. The predicted octanol–water partition coefficient (Wildman–Crippen LogP) is 1.78. The largest absolute Gasteiger partial charge is 0.340 e. The number of likely N-dealkylation sites (tertiary alicyclic amines) is 1. The zero-order valence-electron chi connectivity index (χ0n) is 11.5. The van der Waals surface area contributed by atoms with E-state index in [1.165, 1.54) is 24.8 Å². The molecule has 1 aliphatic rings. The number of hydrogen-bond acceptors (Lipinski definition) is 3. The molecule has 1 amide bonds. The molecule has 4 nitrogen and oxygen atoms in total. The fraction of sp³-hybridized carbons (Fsp3) is 0.571. The molecule has 1 fully saturated rings. The van der Waals surface area contributed by atoms with Gasteiger partial charge in [-0.25, -0.2) is 4.98 Å². The van der Waals surface area contributed by atoms with E-state index in [1.807, 2.05) is 0 Å². The molecule has 104 valence electrons. The van der Waals surface area contributed by atoms with E-state index in [4.69, 9.17) is 0 Å². The summed E-state index contributed by atoms with van der Waals surface area (Å²) >= 11 is 0. The van der Waals surface area contributed by atoms with E-state index in [9.17, 15) is 9.18 Å². The van der Waals surface area contributed by atoms with Gasteiger partial charge in [-0.3, -0.25) is 9.69 Å². The molecule has 5 heteroatoms. The van der Waals surface area contributed by atoms with E-state index < -0.39 is 5.95 Å². The van der Waals surface area contributed by atoms with Gasteiger partial charge in [0, 0.05) is 25.8 Å². The van der Waals surface area contributed by atoms with Crippen LogP contribution in [0.25, 0.3) is 0 Å². The summed E-state index contributed by atoms with van der Waals surface area (Å²) in [6, 6.07) is 3.13. The number of amides is 1. The zero-order chi connectivity index (χ0) is 13.8. The lowest BCUT2D eigenvalue weighted by molar-refractivity contribution is 0.0754. The maximum atomic E-state index is 12.7. The summed E-state index contributed by atoms with van der Waals surface area (Å²) in [6.45, 7) is 4.99. The van der Waals surface area contributed by atoms with Gasteiger partial charge in [0.1, 0.15) is 0 Å². The summed E-state index contributed by atoms with van der Waals surface area (Å²) in [6.07, 6.45) is 3.62. The molecule has 1 aliphatic heterocycles. The Kier molecular flexibility index (Phi) is 4.47. The van der Waals surface area contributed by atoms with Crippen molar-refractivity contribution >= 4 is 5.91 Å². The van der Waals surface area contributed by atoms with Gasteiger partial charge >= 0.3 is 0 Å². The highest BCUT2D eigenvalue weighted by atomic mass is 19.1. The fourth-order valence-electron chi connectivity index (χ4n) is 2.64. The number of nitrogens with zero attached hydrogens (tertiary/aromatic N) is 3. The number of carbonyl (C=O) groups is 1. The first kappa shape index (κ1) is 13.9. The highest BCUT2D eigenvalue weighted by Crippen LogP contribution is 2.18. The van der Waals surface area contributed by atoms with Crippen LogP contribution in [0.5, 0.6) is 0 Å². The number of rotatable bonds is 4. The molecule has 1 unspecified atom stereocenters. The van der Waals surface area contributed by atoms with E-state index in [1.54, 1.807) is 11.9 Å². The molecule has 1 atom stereocenters. The number of likely N-dealkylation sites (N-methyl/N-ethyl adjacent to an activating group) is 2. The SMILES string of the molecule is CCN1CCCC1CN(C)C(=O)c1ccc(F)nc1. The van der Waals surface area contributed by atoms with Crippen LogP contribution in [-0.2, 0) is 0 Å². The van der Waals surface area contributed by atoms with Crippen molar-refractivity contribution in [1.82, 2.24) is 14.8 Å². The van der Waals surface area contributed by atoms with Gasteiger partial charge in [-0.1, -0.05) is 6.92 Å². The van der Waals surface area contributed by atoms with Crippen molar-refractivity contribution in [3.8, 4) is 0 Å². The first-order valence-corrected chi connectivity index (χ1v) is 6.73. The summed E-state index contributed by atoms with van der Waals surface area (Å²) < 4.78 is 12.7. The summed E-state index contributed by atoms with van der Waals surface area (Å²) in [5.41, 5.74) is 0.435. The van der Waals surface area contributed by atoms with Gasteiger partial charge in [-0.15, -0.1) is 0 Å². The quantitative estimate of drug-likeness (QED) is 0.779. The van der Waals surface area contributed by atoms with Crippen LogP contribution in [0.2, 0.25) is 0 Å². The maximum absolute atomic E-state index is 12.7. The normalized spacial score (nSPS) is 19.6. The standard InChI is InChI=1S/C14H20FN3O/c1-3-18-8-4-5-12(18)10-17(2)14(19)11-6-7-13(15)16-9-11/h6-7,9,12H,3-5,8,10H2,1-2H3. The topological polar surface area (TPSA) is 36.4 Å². The fourth-order valence-corrected chi connectivity index (χ4v) is 2.64. The second-order valence-corrected chi connectivity index (χ2v) is 4.98. The Balaban J connectivity index is 1.97. The Morgan fingerprint density at radius 3 is 3.00 bits per heavy atom. The van der Waals surface area contributed by atoms with Gasteiger partial charge in [0.25, 0.3) is 5.91 Å². The molecular formula is C14H20FN3O. The van der Waals surface area contributed by atoms with Crippen molar-refractivity contribution < 1.29 is 9.18 Å². The molecule has 0 N–H and O–H groups in total.